The van der Waals surface area contributed by atoms with Gasteiger partial charge in [-0.25, -0.2) is 19.9 Å². The Kier molecular flexibility index (Phi) is 9.10. The Morgan fingerprint density at radius 3 is 1.39 bits per heavy atom. The molecule has 0 aliphatic heterocycles. The molecule has 0 unspecified atom stereocenters. The zero-order valence-electron chi connectivity index (χ0n) is 37.8. The van der Waals surface area contributed by atoms with Crippen LogP contribution in [0.4, 0.5) is 0 Å². The van der Waals surface area contributed by atoms with Gasteiger partial charge in [0.15, 0.2) is 17.5 Å². The van der Waals surface area contributed by atoms with Crippen molar-refractivity contribution in [3.05, 3.63) is 243 Å². The van der Waals surface area contributed by atoms with Crippen LogP contribution in [0, 0.1) is 0 Å². The molecule has 4 heterocycles. The highest BCUT2D eigenvalue weighted by Crippen LogP contribution is 2.43. The SMILES string of the molecule is c1ccc(-c2nc(-c3ccc(-c4ccc5c(c4)nc(-c4ccccc4)c4ccc6c(c7ccccc7n6-c6ccccc6)c45)cc3)nc(-c3cccc(-n4c5ccccc5c5ccccc54)c3)n2)cc1. The van der Waals surface area contributed by atoms with Crippen molar-refractivity contribution < 1.29 is 0 Å². The molecule has 10 aromatic carbocycles. The summed E-state index contributed by atoms with van der Waals surface area (Å²) in [4.78, 5) is 20.8. The van der Waals surface area contributed by atoms with Crippen LogP contribution in [0.1, 0.15) is 0 Å². The molecule has 0 radical (unpaired) electrons. The first kappa shape index (κ1) is 39.6. The largest absolute Gasteiger partial charge is 0.309 e. The molecule has 0 saturated carbocycles. The molecule has 6 heteroatoms. The van der Waals surface area contributed by atoms with Gasteiger partial charge in [0.05, 0.1) is 33.3 Å². The molecule has 14 aromatic rings. The van der Waals surface area contributed by atoms with Crippen molar-refractivity contribution in [2.45, 2.75) is 0 Å². The van der Waals surface area contributed by atoms with E-state index >= 15 is 0 Å². The van der Waals surface area contributed by atoms with E-state index in [9.17, 15) is 0 Å². The van der Waals surface area contributed by atoms with Gasteiger partial charge in [0.25, 0.3) is 0 Å². The Hall–Kier alpha value is -9.52. The average Bonchev–Trinajstić information content (AvgIpc) is 3.97. The van der Waals surface area contributed by atoms with Gasteiger partial charge < -0.3 is 9.13 Å². The van der Waals surface area contributed by atoms with Crippen LogP contribution in [0.15, 0.2) is 243 Å². The lowest BCUT2D eigenvalue weighted by Crippen LogP contribution is -2.01. The fraction of sp³-hybridized carbons (Fsp3) is 0. The van der Waals surface area contributed by atoms with Crippen LogP contribution in [0.5, 0.6) is 0 Å². The molecule has 0 N–H and O–H groups in total. The fourth-order valence-corrected chi connectivity index (χ4v) is 10.6. The Labute approximate surface area is 403 Å². The van der Waals surface area contributed by atoms with Gasteiger partial charge in [-0.05, 0) is 65.7 Å². The van der Waals surface area contributed by atoms with Crippen LogP contribution in [0.2, 0.25) is 0 Å². The second-order valence-electron chi connectivity index (χ2n) is 17.8. The molecule has 70 heavy (non-hydrogen) atoms. The summed E-state index contributed by atoms with van der Waals surface area (Å²) in [6.45, 7) is 0. The maximum Gasteiger partial charge on any atom is 0.164 e. The van der Waals surface area contributed by atoms with Crippen LogP contribution in [-0.2, 0) is 0 Å². The van der Waals surface area contributed by atoms with E-state index in [-0.39, 0.29) is 0 Å². The number of aromatic nitrogens is 6. The van der Waals surface area contributed by atoms with Crippen LogP contribution in [0.3, 0.4) is 0 Å². The van der Waals surface area contributed by atoms with Crippen LogP contribution in [-0.4, -0.2) is 29.1 Å². The maximum atomic E-state index is 5.47. The highest BCUT2D eigenvalue weighted by molar-refractivity contribution is 6.29. The van der Waals surface area contributed by atoms with Crippen molar-refractivity contribution in [3.8, 4) is 67.9 Å². The molecule has 0 spiro atoms. The number of nitrogens with zero attached hydrogens (tertiary/aromatic N) is 6. The molecule has 0 bridgehead atoms. The number of fused-ring (bicyclic) bond motifs is 10. The highest BCUT2D eigenvalue weighted by Gasteiger charge is 2.21. The predicted molar refractivity (Wildman–Crippen MR) is 288 cm³/mol. The molecule has 4 aromatic heterocycles. The molecule has 326 valence electrons. The van der Waals surface area contributed by atoms with E-state index in [4.69, 9.17) is 19.9 Å². The number of hydrogen-bond donors (Lipinski definition) is 0. The van der Waals surface area contributed by atoms with E-state index in [1.807, 2.05) is 30.3 Å². The first-order valence-electron chi connectivity index (χ1n) is 23.6. The zero-order valence-corrected chi connectivity index (χ0v) is 37.8. The molecule has 6 nitrogen and oxygen atoms in total. The second-order valence-corrected chi connectivity index (χ2v) is 17.8. The van der Waals surface area contributed by atoms with Gasteiger partial charge in [0, 0.05) is 71.3 Å². The van der Waals surface area contributed by atoms with E-state index < -0.39 is 0 Å². The van der Waals surface area contributed by atoms with E-state index in [1.165, 1.54) is 38.0 Å². The van der Waals surface area contributed by atoms with Crippen molar-refractivity contribution in [1.29, 1.82) is 0 Å². The summed E-state index contributed by atoms with van der Waals surface area (Å²) in [7, 11) is 0. The van der Waals surface area contributed by atoms with Crippen LogP contribution in [0.25, 0.3) is 133 Å². The molecule has 0 atom stereocenters. The smallest absolute Gasteiger partial charge is 0.164 e. The summed E-state index contributed by atoms with van der Waals surface area (Å²) in [5, 5.41) is 8.32. The molecule has 14 rings (SSSR count). The summed E-state index contributed by atoms with van der Waals surface area (Å²) >= 11 is 0. The first-order valence-corrected chi connectivity index (χ1v) is 23.6. The zero-order chi connectivity index (χ0) is 46.1. The molecule has 0 saturated heterocycles. The Bertz CT molecular complexity index is 4280. The third kappa shape index (κ3) is 6.42. The third-order valence-corrected chi connectivity index (χ3v) is 13.7. The molecule has 0 aliphatic rings. The van der Waals surface area contributed by atoms with Gasteiger partial charge in [0.1, 0.15) is 0 Å². The minimum absolute atomic E-state index is 0.607. The fourth-order valence-electron chi connectivity index (χ4n) is 10.6. The van der Waals surface area contributed by atoms with Gasteiger partial charge in [-0.2, -0.15) is 0 Å². The molecule has 0 aliphatic carbocycles. The number of hydrogen-bond acceptors (Lipinski definition) is 4. The lowest BCUT2D eigenvalue weighted by atomic mass is 9.94. The van der Waals surface area contributed by atoms with Crippen molar-refractivity contribution in [2.24, 2.45) is 0 Å². The number of benzene rings is 10. The van der Waals surface area contributed by atoms with Gasteiger partial charge >= 0.3 is 0 Å². The predicted octanol–water partition coefficient (Wildman–Crippen LogP) is 16.1. The molecular weight excluding hydrogens is 853 g/mol. The summed E-state index contributed by atoms with van der Waals surface area (Å²) in [5.41, 5.74) is 14.7. The summed E-state index contributed by atoms with van der Waals surface area (Å²) in [5.74, 6) is 1.84. The molecule has 0 amide bonds. The minimum atomic E-state index is 0.607. The third-order valence-electron chi connectivity index (χ3n) is 13.7. The molecular formula is C64H40N6. The van der Waals surface area contributed by atoms with E-state index in [2.05, 4.69) is 221 Å². The lowest BCUT2D eigenvalue weighted by Gasteiger charge is -2.14. The number of pyridine rings is 1. The van der Waals surface area contributed by atoms with Gasteiger partial charge in [-0.15, -0.1) is 0 Å². The highest BCUT2D eigenvalue weighted by atomic mass is 15.0. The van der Waals surface area contributed by atoms with Crippen LogP contribution < -0.4 is 0 Å². The normalized spacial score (nSPS) is 11.7. The van der Waals surface area contributed by atoms with Gasteiger partial charge in [0.2, 0.25) is 0 Å². The van der Waals surface area contributed by atoms with Gasteiger partial charge in [-0.3, -0.25) is 0 Å². The summed E-state index contributed by atoms with van der Waals surface area (Å²) in [6, 6.07) is 85.6. The van der Waals surface area contributed by atoms with Crippen molar-refractivity contribution in [2.75, 3.05) is 0 Å². The second kappa shape index (κ2) is 16.1. The monoisotopic (exact) mass is 892 g/mol. The van der Waals surface area contributed by atoms with E-state index in [0.29, 0.717) is 17.5 Å². The maximum absolute atomic E-state index is 5.47. The van der Waals surface area contributed by atoms with E-state index in [1.54, 1.807) is 0 Å². The number of rotatable bonds is 7. The topological polar surface area (TPSA) is 61.4 Å². The Morgan fingerprint density at radius 2 is 0.714 bits per heavy atom. The van der Waals surface area contributed by atoms with E-state index in [0.717, 1.165) is 77.8 Å². The van der Waals surface area contributed by atoms with Crippen LogP contribution >= 0.6 is 0 Å². The Balaban J connectivity index is 0.896. The van der Waals surface area contributed by atoms with Gasteiger partial charge in [-0.1, -0.05) is 188 Å². The molecule has 0 fully saturated rings. The quantitative estimate of drug-likeness (QED) is 0.150. The lowest BCUT2D eigenvalue weighted by molar-refractivity contribution is 1.07. The number of para-hydroxylation sites is 4. The summed E-state index contributed by atoms with van der Waals surface area (Å²) in [6.07, 6.45) is 0. The minimum Gasteiger partial charge on any atom is -0.309 e. The Morgan fingerprint density at radius 1 is 0.243 bits per heavy atom. The van der Waals surface area contributed by atoms with Crippen molar-refractivity contribution in [3.63, 3.8) is 0 Å². The first-order chi connectivity index (χ1) is 34.7. The standard InChI is InChI=1S/C64H40N6/c1-4-17-42(18-5-1)61-53-37-38-58-60(52-27-12-15-30-57(52)69(58)47-22-8-3-9-23-47)59(53)51-36-35-45(40-54(51)65-61)41-31-33-44(34-32-41)63-66-62(43-19-6-2-7-20-43)67-64(68-63)46-21-16-24-48(39-46)70-55-28-13-10-25-49(55)50-26-11-14-29-56(50)70/h1-40H. The van der Waals surface area contributed by atoms with Crippen molar-refractivity contribution in [1.82, 2.24) is 29.1 Å². The summed E-state index contributed by atoms with van der Waals surface area (Å²) < 4.78 is 4.71. The van der Waals surface area contributed by atoms with Crippen molar-refractivity contribution >= 4 is 65.3 Å². The average molecular weight is 893 g/mol.